The van der Waals surface area contributed by atoms with Crippen LogP contribution in [-0.2, 0) is 14.9 Å². The van der Waals surface area contributed by atoms with E-state index in [0.717, 1.165) is 18.4 Å². The van der Waals surface area contributed by atoms with Gasteiger partial charge in [-0.05, 0) is 39.2 Å². The second-order valence-corrected chi connectivity index (χ2v) is 5.79. The zero-order valence-corrected chi connectivity index (χ0v) is 12.2. The Morgan fingerprint density at radius 2 is 1.89 bits per heavy atom. The Bertz CT molecular complexity index is 457. The minimum atomic E-state index is -0.293. The van der Waals surface area contributed by atoms with Crippen molar-refractivity contribution in [1.29, 1.82) is 0 Å². The molecule has 1 unspecified atom stereocenters. The molecule has 1 saturated carbocycles. The average Bonchev–Trinajstić information content (AvgIpc) is 3.08. The van der Waals surface area contributed by atoms with Crippen LogP contribution in [0.5, 0.6) is 0 Å². The highest BCUT2D eigenvalue weighted by Gasteiger charge is 2.51. The van der Waals surface area contributed by atoms with Crippen molar-refractivity contribution in [3.63, 3.8) is 0 Å². The Kier molecular flexibility index (Phi) is 3.95. The van der Waals surface area contributed by atoms with Gasteiger partial charge in [0.05, 0.1) is 12.0 Å². The number of amides is 1. The van der Waals surface area contributed by atoms with Gasteiger partial charge in [-0.1, -0.05) is 29.3 Å². The van der Waals surface area contributed by atoms with Crippen LogP contribution in [0.25, 0.3) is 0 Å². The predicted octanol–water partition coefficient (Wildman–Crippen LogP) is 2.49. The third-order valence-electron chi connectivity index (χ3n) is 3.75. The SMILES string of the molecule is COCC(C)NC(=O)C1(c2cc(C)cc(C)c2)CC1. The maximum Gasteiger partial charge on any atom is 0.230 e. The molecule has 1 aromatic rings. The first kappa shape index (κ1) is 14.1. The fourth-order valence-corrected chi connectivity index (χ4v) is 2.68. The quantitative estimate of drug-likeness (QED) is 0.884. The van der Waals surface area contributed by atoms with Gasteiger partial charge in [-0.3, -0.25) is 4.79 Å². The molecule has 1 atom stereocenters. The summed E-state index contributed by atoms with van der Waals surface area (Å²) in [4.78, 5) is 12.5. The van der Waals surface area contributed by atoms with Crippen molar-refractivity contribution >= 4 is 5.91 Å². The first-order valence-corrected chi connectivity index (χ1v) is 6.86. The van der Waals surface area contributed by atoms with Gasteiger partial charge in [0.1, 0.15) is 0 Å². The molecule has 104 valence electrons. The van der Waals surface area contributed by atoms with Crippen LogP contribution < -0.4 is 5.32 Å². The van der Waals surface area contributed by atoms with E-state index in [0.29, 0.717) is 6.61 Å². The summed E-state index contributed by atoms with van der Waals surface area (Å²) in [6, 6.07) is 6.48. The van der Waals surface area contributed by atoms with Crippen LogP contribution in [0.3, 0.4) is 0 Å². The average molecular weight is 261 g/mol. The Balaban J connectivity index is 2.16. The highest BCUT2D eigenvalue weighted by molar-refractivity contribution is 5.91. The number of methoxy groups -OCH3 is 1. The van der Waals surface area contributed by atoms with Crippen LogP contribution in [-0.4, -0.2) is 25.7 Å². The lowest BCUT2D eigenvalue weighted by Gasteiger charge is -2.20. The van der Waals surface area contributed by atoms with E-state index in [1.165, 1.54) is 11.1 Å². The molecular formula is C16H23NO2. The Hall–Kier alpha value is -1.35. The molecule has 0 aromatic heterocycles. The van der Waals surface area contributed by atoms with Crippen molar-refractivity contribution in [2.75, 3.05) is 13.7 Å². The van der Waals surface area contributed by atoms with Crippen molar-refractivity contribution < 1.29 is 9.53 Å². The lowest BCUT2D eigenvalue weighted by molar-refractivity contribution is -0.124. The maximum atomic E-state index is 12.5. The fraction of sp³-hybridized carbons (Fsp3) is 0.562. The number of benzene rings is 1. The molecule has 0 heterocycles. The van der Waals surface area contributed by atoms with Crippen LogP contribution in [0.1, 0.15) is 36.5 Å². The van der Waals surface area contributed by atoms with E-state index in [2.05, 4.69) is 37.4 Å². The predicted molar refractivity (Wildman–Crippen MR) is 76.3 cm³/mol. The molecule has 19 heavy (non-hydrogen) atoms. The molecule has 1 N–H and O–H groups in total. The number of nitrogens with one attached hydrogen (secondary N) is 1. The Morgan fingerprint density at radius 3 is 2.37 bits per heavy atom. The molecule has 2 rings (SSSR count). The summed E-state index contributed by atoms with van der Waals surface area (Å²) >= 11 is 0. The van der Waals surface area contributed by atoms with Gasteiger partial charge in [0, 0.05) is 13.2 Å². The summed E-state index contributed by atoms with van der Waals surface area (Å²) in [6.07, 6.45) is 1.89. The number of hydrogen-bond donors (Lipinski definition) is 1. The summed E-state index contributed by atoms with van der Waals surface area (Å²) in [7, 11) is 1.65. The minimum Gasteiger partial charge on any atom is -0.383 e. The van der Waals surface area contributed by atoms with Crippen LogP contribution in [0, 0.1) is 13.8 Å². The van der Waals surface area contributed by atoms with E-state index in [9.17, 15) is 4.79 Å². The second-order valence-electron chi connectivity index (χ2n) is 5.79. The molecule has 3 nitrogen and oxygen atoms in total. The molecule has 0 radical (unpaired) electrons. The van der Waals surface area contributed by atoms with Crippen molar-refractivity contribution in [3.8, 4) is 0 Å². The van der Waals surface area contributed by atoms with Crippen molar-refractivity contribution in [2.45, 2.75) is 45.1 Å². The van der Waals surface area contributed by atoms with Gasteiger partial charge in [-0.15, -0.1) is 0 Å². The molecule has 1 aliphatic rings. The van der Waals surface area contributed by atoms with Crippen LogP contribution in [0.4, 0.5) is 0 Å². The molecule has 1 fully saturated rings. The molecule has 0 saturated heterocycles. The summed E-state index contributed by atoms with van der Waals surface area (Å²) in [5.41, 5.74) is 3.31. The molecule has 0 bridgehead atoms. The van der Waals surface area contributed by atoms with E-state index in [1.54, 1.807) is 7.11 Å². The van der Waals surface area contributed by atoms with E-state index >= 15 is 0 Å². The van der Waals surface area contributed by atoms with Gasteiger partial charge in [0.2, 0.25) is 5.91 Å². The number of hydrogen-bond acceptors (Lipinski definition) is 2. The topological polar surface area (TPSA) is 38.3 Å². The first-order chi connectivity index (χ1) is 8.98. The van der Waals surface area contributed by atoms with Crippen molar-refractivity contribution in [1.82, 2.24) is 5.32 Å². The zero-order valence-electron chi connectivity index (χ0n) is 12.2. The second kappa shape index (κ2) is 5.33. The van der Waals surface area contributed by atoms with E-state index in [4.69, 9.17) is 4.74 Å². The largest absolute Gasteiger partial charge is 0.383 e. The van der Waals surface area contributed by atoms with E-state index < -0.39 is 0 Å². The summed E-state index contributed by atoms with van der Waals surface area (Å²) < 4.78 is 5.07. The molecule has 0 aliphatic heterocycles. The monoisotopic (exact) mass is 261 g/mol. The summed E-state index contributed by atoms with van der Waals surface area (Å²) in [5.74, 6) is 0.141. The minimum absolute atomic E-state index is 0.0564. The summed E-state index contributed by atoms with van der Waals surface area (Å²) in [5, 5.41) is 3.06. The van der Waals surface area contributed by atoms with E-state index in [1.807, 2.05) is 6.92 Å². The van der Waals surface area contributed by atoms with Gasteiger partial charge >= 0.3 is 0 Å². The Morgan fingerprint density at radius 1 is 1.32 bits per heavy atom. The van der Waals surface area contributed by atoms with Crippen LogP contribution in [0.2, 0.25) is 0 Å². The van der Waals surface area contributed by atoms with Gasteiger partial charge in [0.25, 0.3) is 0 Å². The number of aryl methyl sites for hydroxylation is 2. The zero-order chi connectivity index (χ0) is 14.0. The van der Waals surface area contributed by atoms with Gasteiger partial charge in [-0.2, -0.15) is 0 Å². The number of carbonyl (C=O) groups excluding carboxylic acids is 1. The third kappa shape index (κ3) is 2.98. The normalized spacial score (nSPS) is 17.9. The van der Waals surface area contributed by atoms with Crippen LogP contribution in [0.15, 0.2) is 18.2 Å². The van der Waals surface area contributed by atoms with Crippen molar-refractivity contribution in [3.05, 3.63) is 34.9 Å². The highest BCUT2D eigenvalue weighted by atomic mass is 16.5. The number of carbonyl (C=O) groups is 1. The van der Waals surface area contributed by atoms with Gasteiger partial charge in [0.15, 0.2) is 0 Å². The molecule has 1 aliphatic carbocycles. The smallest absolute Gasteiger partial charge is 0.230 e. The maximum absolute atomic E-state index is 12.5. The molecular weight excluding hydrogens is 238 g/mol. The molecule has 1 amide bonds. The summed E-state index contributed by atoms with van der Waals surface area (Å²) in [6.45, 7) is 6.68. The molecule has 0 spiro atoms. The van der Waals surface area contributed by atoms with Crippen LogP contribution >= 0.6 is 0 Å². The standard InChI is InChI=1S/C16H23NO2/c1-11-7-12(2)9-14(8-11)16(5-6-16)15(18)17-13(3)10-19-4/h7-9,13H,5-6,10H2,1-4H3,(H,17,18). The first-order valence-electron chi connectivity index (χ1n) is 6.86. The fourth-order valence-electron chi connectivity index (χ4n) is 2.68. The lowest BCUT2D eigenvalue weighted by Crippen LogP contribution is -2.42. The van der Waals surface area contributed by atoms with Gasteiger partial charge in [-0.25, -0.2) is 0 Å². The molecule has 1 aromatic carbocycles. The number of rotatable bonds is 5. The third-order valence-corrected chi connectivity index (χ3v) is 3.75. The molecule has 3 heteroatoms. The van der Waals surface area contributed by atoms with E-state index in [-0.39, 0.29) is 17.4 Å². The van der Waals surface area contributed by atoms with Gasteiger partial charge < -0.3 is 10.1 Å². The highest BCUT2D eigenvalue weighted by Crippen LogP contribution is 2.48. The number of ether oxygens (including phenoxy) is 1. The van der Waals surface area contributed by atoms with Crippen molar-refractivity contribution in [2.24, 2.45) is 0 Å². The lowest BCUT2D eigenvalue weighted by atomic mass is 9.92. The Labute approximate surface area is 115 Å².